The predicted molar refractivity (Wildman–Crippen MR) is 159 cm³/mol. The Morgan fingerprint density at radius 3 is 0.976 bits per heavy atom. The molecule has 3 saturated carbocycles. The van der Waals surface area contributed by atoms with Crippen molar-refractivity contribution in [2.75, 3.05) is 52.6 Å². The van der Waals surface area contributed by atoms with E-state index in [1.807, 2.05) is 0 Å². The molecule has 11 heteroatoms. The van der Waals surface area contributed by atoms with E-state index in [-0.39, 0.29) is 60.9 Å². The van der Waals surface area contributed by atoms with Gasteiger partial charge in [0.1, 0.15) is 0 Å². The Balaban J connectivity index is 1.75. The van der Waals surface area contributed by atoms with Crippen LogP contribution in [0.1, 0.15) is 83.5 Å². The van der Waals surface area contributed by atoms with Crippen LogP contribution in [0.4, 0.5) is 13.2 Å². The lowest BCUT2D eigenvalue weighted by Gasteiger charge is -2.47. The number of hydrogen-bond acceptors (Lipinski definition) is 8. The molecule has 6 atom stereocenters. The van der Waals surface area contributed by atoms with Crippen molar-refractivity contribution in [1.29, 1.82) is 0 Å². The third-order valence-corrected chi connectivity index (χ3v) is 9.70. The van der Waals surface area contributed by atoms with Gasteiger partial charge in [-0.05, 0) is 133 Å². The van der Waals surface area contributed by atoms with Gasteiger partial charge in [-0.25, -0.2) is 0 Å². The Kier molecular flexibility index (Phi) is 16.3. The van der Waals surface area contributed by atoms with Crippen LogP contribution >= 0.6 is 0 Å². The summed E-state index contributed by atoms with van der Waals surface area (Å²) < 4.78 is 67.9. The number of halogens is 3. The highest BCUT2D eigenvalue weighted by Gasteiger charge is 2.49. The zero-order valence-corrected chi connectivity index (χ0v) is 25.6. The number of nitrogens with two attached hydrogens (primary N) is 4. The first-order chi connectivity index (χ1) is 20.3. The number of hydrogen-bond donors (Lipinski definition) is 4. The molecule has 42 heavy (non-hydrogen) atoms. The van der Waals surface area contributed by atoms with E-state index in [9.17, 15) is 13.2 Å². The van der Waals surface area contributed by atoms with E-state index in [2.05, 4.69) is 0 Å². The molecule has 0 amide bonds. The molecule has 248 valence electrons. The predicted octanol–water partition coefficient (Wildman–Crippen LogP) is 4.12. The van der Waals surface area contributed by atoms with Crippen LogP contribution in [0.5, 0.6) is 0 Å². The Morgan fingerprint density at radius 2 is 0.714 bits per heavy atom. The Hall–Kier alpha value is -0.530. The molecule has 0 spiro atoms. The van der Waals surface area contributed by atoms with Crippen LogP contribution in [0.25, 0.3) is 0 Å². The molecule has 3 rings (SSSR count). The molecule has 0 heterocycles. The van der Waals surface area contributed by atoms with E-state index in [1.54, 1.807) is 0 Å². The van der Waals surface area contributed by atoms with Crippen molar-refractivity contribution >= 4 is 0 Å². The Morgan fingerprint density at radius 1 is 0.429 bits per heavy atom. The average molecular weight is 609 g/mol. The molecule has 0 saturated heterocycles. The van der Waals surface area contributed by atoms with Gasteiger partial charge in [0.05, 0.1) is 30.3 Å². The van der Waals surface area contributed by atoms with E-state index in [0.717, 1.165) is 70.6 Å². The second-order valence-corrected chi connectivity index (χ2v) is 12.9. The van der Waals surface area contributed by atoms with E-state index < -0.39 is 12.1 Å². The molecule has 0 aromatic carbocycles. The summed E-state index contributed by atoms with van der Waals surface area (Å²) in [5, 5.41) is 0. The van der Waals surface area contributed by atoms with E-state index in [0.29, 0.717) is 52.6 Å². The van der Waals surface area contributed by atoms with Crippen molar-refractivity contribution in [3.63, 3.8) is 0 Å². The smallest absolute Gasteiger partial charge is 0.378 e. The second kappa shape index (κ2) is 19.1. The summed E-state index contributed by atoms with van der Waals surface area (Å²) in [7, 11) is 0. The minimum absolute atomic E-state index is 0.0155. The quantitative estimate of drug-likeness (QED) is 0.170. The SMILES string of the molecule is NCCCOC1CC(OCCCN)CC(C2CC(C3CC(OCCCN)CC(OCCCN)C3)CC(C(F)(F)F)C2)C1. The maximum atomic E-state index is 14.4. The molecule has 3 fully saturated rings. The molecule has 8 nitrogen and oxygen atoms in total. The summed E-state index contributed by atoms with van der Waals surface area (Å²) in [5.41, 5.74) is 22.7. The second-order valence-electron chi connectivity index (χ2n) is 12.9. The summed E-state index contributed by atoms with van der Waals surface area (Å²) in [5.74, 6) is -1.06. The lowest BCUT2D eigenvalue weighted by Crippen LogP contribution is -2.44. The summed E-state index contributed by atoms with van der Waals surface area (Å²) in [6.07, 6.45) is 4.67. The van der Waals surface area contributed by atoms with Gasteiger partial charge < -0.3 is 41.9 Å². The van der Waals surface area contributed by atoms with Gasteiger partial charge in [0, 0.05) is 26.4 Å². The third kappa shape index (κ3) is 12.1. The molecule has 8 N–H and O–H groups in total. The standard InChI is InChI=1S/C31H59F3N4O4/c32-31(33,34)26-14-22(24-16-27(39-9-1-5-35)20-28(17-24)40-10-2-6-36)13-23(15-26)25-18-29(41-11-3-7-37)21-30(19-25)42-12-4-8-38/h22-30H,1-21,35-38H2. The highest BCUT2D eigenvalue weighted by molar-refractivity contribution is 4.94. The molecule has 0 aromatic heterocycles. The monoisotopic (exact) mass is 608 g/mol. The van der Waals surface area contributed by atoms with Crippen LogP contribution in [0, 0.1) is 29.6 Å². The number of rotatable bonds is 18. The summed E-state index contributed by atoms with van der Waals surface area (Å²) in [6, 6.07) is 0. The van der Waals surface area contributed by atoms with Crippen LogP contribution in [-0.4, -0.2) is 83.2 Å². The normalized spacial score (nSPS) is 34.5. The van der Waals surface area contributed by atoms with Gasteiger partial charge >= 0.3 is 6.18 Å². The van der Waals surface area contributed by atoms with Crippen molar-refractivity contribution in [1.82, 2.24) is 0 Å². The summed E-state index contributed by atoms with van der Waals surface area (Å²) in [6.45, 7) is 4.50. The largest absolute Gasteiger partial charge is 0.391 e. The molecule has 0 aliphatic heterocycles. The zero-order chi connectivity index (χ0) is 30.4. The van der Waals surface area contributed by atoms with Crippen molar-refractivity contribution in [3.05, 3.63) is 0 Å². The Bertz CT molecular complexity index is 636. The van der Waals surface area contributed by atoms with Crippen LogP contribution in [0.2, 0.25) is 0 Å². The van der Waals surface area contributed by atoms with Crippen LogP contribution < -0.4 is 22.9 Å². The minimum atomic E-state index is -4.21. The fourth-order valence-corrected chi connectivity index (χ4v) is 7.61. The Labute approximate surface area is 251 Å². The van der Waals surface area contributed by atoms with E-state index in [4.69, 9.17) is 41.9 Å². The molecule has 6 unspecified atom stereocenters. The van der Waals surface area contributed by atoms with Crippen LogP contribution in [-0.2, 0) is 18.9 Å². The molecule has 0 radical (unpaired) electrons. The van der Waals surface area contributed by atoms with Gasteiger partial charge in [-0.15, -0.1) is 0 Å². The fraction of sp³-hybridized carbons (Fsp3) is 1.00. The van der Waals surface area contributed by atoms with Gasteiger partial charge in [0.15, 0.2) is 0 Å². The van der Waals surface area contributed by atoms with Crippen molar-refractivity contribution in [3.8, 4) is 0 Å². The third-order valence-electron chi connectivity index (χ3n) is 9.70. The minimum Gasteiger partial charge on any atom is -0.378 e. The van der Waals surface area contributed by atoms with Gasteiger partial charge in [-0.3, -0.25) is 0 Å². The molecular formula is C31H59F3N4O4. The highest BCUT2D eigenvalue weighted by Crippen LogP contribution is 2.51. The topological polar surface area (TPSA) is 141 Å². The molecule has 0 bridgehead atoms. The lowest BCUT2D eigenvalue weighted by molar-refractivity contribution is -0.198. The highest BCUT2D eigenvalue weighted by atomic mass is 19.4. The number of alkyl halides is 3. The van der Waals surface area contributed by atoms with Gasteiger partial charge in [0.25, 0.3) is 0 Å². The first-order valence-corrected chi connectivity index (χ1v) is 16.6. The average Bonchev–Trinajstić information content (AvgIpc) is 2.97. The molecular weight excluding hydrogens is 549 g/mol. The molecule has 3 aliphatic carbocycles. The summed E-state index contributed by atoms with van der Waals surface area (Å²) in [4.78, 5) is 0. The van der Waals surface area contributed by atoms with Crippen LogP contribution in [0.3, 0.4) is 0 Å². The lowest BCUT2D eigenvalue weighted by atomic mass is 9.61. The first kappa shape index (κ1) is 35.9. The van der Waals surface area contributed by atoms with Gasteiger partial charge in [0.2, 0.25) is 0 Å². The van der Waals surface area contributed by atoms with Crippen molar-refractivity contribution in [2.24, 2.45) is 52.5 Å². The van der Waals surface area contributed by atoms with Gasteiger partial charge in [-0.2, -0.15) is 13.2 Å². The maximum absolute atomic E-state index is 14.4. The van der Waals surface area contributed by atoms with Gasteiger partial charge in [-0.1, -0.05) is 0 Å². The van der Waals surface area contributed by atoms with Crippen molar-refractivity contribution < 1.29 is 32.1 Å². The zero-order valence-electron chi connectivity index (χ0n) is 25.6. The van der Waals surface area contributed by atoms with Crippen molar-refractivity contribution in [2.45, 2.75) is 114 Å². The van der Waals surface area contributed by atoms with E-state index in [1.165, 1.54) is 0 Å². The fourth-order valence-electron chi connectivity index (χ4n) is 7.61. The maximum Gasteiger partial charge on any atom is 0.391 e. The first-order valence-electron chi connectivity index (χ1n) is 16.6. The molecule has 3 aliphatic rings. The number of ether oxygens (including phenoxy) is 4. The van der Waals surface area contributed by atoms with Crippen LogP contribution in [0.15, 0.2) is 0 Å². The summed E-state index contributed by atoms with van der Waals surface area (Å²) >= 11 is 0. The molecule has 0 aromatic rings. The van der Waals surface area contributed by atoms with E-state index >= 15 is 0 Å².